The van der Waals surface area contributed by atoms with E-state index in [1.807, 2.05) is 36.2 Å². The van der Waals surface area contributed by atoms with E-state index in [4.69, 9.17) is 11.6 Å². The van der Waals surface area contributed by atoms with Gasteiger partial charge < -0.3 is 0 Å². The largest absolute Gasteiger partial charge is 0.272 e. The highest BCUT2D eigenvalue weighted by Gasteiger charge is 2.14. The number of hydrazone groups is 1. The van der Waals surface area contributed by atoms with Gasteiger partial charge in [0.25, 0.3) is 5.91 Å². The van der Waals surface area contributed by atoms with Crippen molar-refractivity contribution in [3.8, 4) is 0 Å². The van der Waals surface area contributed by atoms with E-state index in [1.54, 1.807) is 24.3 Å². The van der Waals surface area contributed by atoms with Gasteiger partial charge in [-0.05, 0) is 55.5 Å². The molecule has 2 N–H and O–H groups in total. The maximum absolute atomic E-state index is 12.2. The van der Waals surface area contributed by atoms with Crippen molar-refractivity contribution in [1.82, 2.24) is 10.9 Å². The highest BCUT2D eigenvalue weighted by atomic mass is 35.5. The van der Waals surface area contributed by atoms with Gasteiger partial charge >= 0.3 is 0 Å². The maximum Gasteiger partial charge on any atom is 0.269 e. The van der Waals surface area contributed by atoms with Crippen LogP contribution >= 0.6 is 23.4 Å². The molecule has 0 spiro atoms. The van der Waals surface area contributed by atoms with Crippen LogP contribution in [0.1, 0.15) is 23.7 Å². The van der Waals surface area contributed by atoms with E-state index in [1.165, 1.54) is 11.8 Å². The van der Waals surface area contributed by atoms with Crippen LogP contribution in [0.25, 0.3) is 0 Å². The average molecular weight is 403 g/mol. The first kappa shape index (κ1) is 19.3. The van der Waals surface area contributed by atoms with E-state index in [0.29, 0.717) is 10.6 Å². The molecule has 8 heteroatoms. The molecule has 0 radical (unpaired) electrons. The minimum Gasteiger partial charge on any atom is -0.272 e. The van der Waals surface area contributed by atoms with E-state index in [2.05, 4.69) is 16.0 Å². The first-order chi connectivity index (χ1) is 13.0. The smallest absolute Gasteiger partial charge is 0.269 e. The number of rotatable bonds is 5. The lowest BCUT2D eigenvalue weighted by Gasteiger charge is -2.14. The SMILES string of the molecule is CC1=NN(c2ccc(C(=O)NNC(=O)CSc3ccc(Cl)cc3)cc2)CC1. The molecule has 1 heterocycles. The molecule has 0 saturated heterocycles. The fraction of sp³-hybridized carbons (Fsp3) is 0.211. The van der Waals surface area contributed by atoms with Crippen LogP contribution in [0.5, 0.6) is 0 Å². The summed E-state index contributed by atoms with van der Waals surface area (Å²) in [5, 5.41) is 6.98. The number of hydrazine groups is 1. The molecule has 2 aromatic rings. The Labute approximate surface area is 166 Å². The average Bonchev–Trinajstić information content (AvgIpc) is 3.12. The zero-order valence-electron chi connectivity index (χ0n) is 14.7. The zero-order chi connectivity index (χ0) is 19.2. The highest BCUT2D eigenvalue weighted by Crippen LogP contribution is 2.20. The molecule has 0 unspecified atom stereocenters. The minimum absolute atomic E-state index is 0.188. The zero-order valence-corrected chi connectivity index (χ0v) is 16.3. The number of nitrogens with one attached hydrogen (secondary N) is 2. The molecular weight excluding hydrogens is 384 g/mol. The van der Waals surface area contributed by atoms with Crippen LogP contribution in [0.2, 0.25) is 5.02 Å². The van der Waals surface area contributed by atoms with Crippen molar-refractivity contribution in [2.45, 2.75) is 18.2 Å². The van der Waals surface area contributed by atoms with Crippen LogP contribution in [0.4, 0.5) is 5.69 Å². The van der Waals surface area contributed by atoms with Gasteiger partial charge in [0.2, 0.25) is 5.91 Å². The molecule has 1 aliphatic rings. The van der Waals surface area contributed by atoms with Crippen molar-refractivity contribution < 1.29 is 9.59 Å². The number of nitrogens with zero attached hydrogens (tertiary/aromatic N) is 2. The van der Waals surface area contributed by atoms with Gasteiger partial charge in [0, 0.05) is 34.2 Å². The number of carbonyl (C=O) groups excluding carboxylic acids is 2. The van der Waals surface area contributed by atoms with Crippen LogP contribution < -0.4 is 15.9 Å². The van der Waals surface area contributed by atoms with Gasteiger partial charge in [0.05, 0.1) is 11.4 Å². The molecule has 0 saturated carbocycles. The Morgan fingerprint density at radius 1 is 1.11 bits per heavy atom. The Morgan fingerprint density at radius 2 is 1.81 bits per heavy atom. The molecule has 2 amide bonds. The van der Waals surface area contributed by atoms with E-state index in [-0.39, 0.29) is 17.6 Å². The summed E-state index contributed by atoms with van der Waals surface area (Å²) in [6, 6.07) is 14.3. The fourth-order valence-electron chi connectivity index (χ4n) is 2.46. The second-order valence-electron chi connectivity index (χ2n) is 6.00. The molecule has 1 aliphatic heterocycles. The van der Waals surface area contributed by atoms with Crippen molar-refractivity contribution in [1.29, 1.82) is 0 Å². The first-order valence-corrected chi connectivity index (χ1v) is 9.77. The lowest BCUT2D eigenvalue weighted by molar-refractivity contribution is -0.119. The van der Waals surface area contributed by atoms with E-state index < -0.39 is 0 Å². The van der Waals surface area contributed by atoms with Crippen LogP contribution in [-0.4, -0.2) is 29.8 Å². The number of hydrogen-bond acceptors (Lipinski definition) is 5. The highest BCUT2D eigenvalue weighted by molar-refractivity contribution is 8.00. The summed E-state index contributed by atoms with van der Waals surface area (Å²) >= 11 is 7.19. The third-order valence-corrected chi connectivity index (χ3v) is 5.17. The Morgan fingerprint density at radius 3 is 2.44 bits per heavy atom. The predicted octanol–water partition coefficient (Wildman–Crippen LogP) is 3.48. The summed E-state index contributed by atoms with van der Waals surface area (Å²) in [5.41, 5.74) is 7.34. The van der Waals surface area contributed by atoms with Crippen molar-refractivity contribution >= 4 is 46.6 Å². The number of benzene rings is 2. The topological polar surface area (TPSA) is 73.8 Å². The summed E-state index contributed by atoms with van der Waals surface area (Å²) in [4.78, 5) is 25.0. The molecule has 0 aromatic heterocycles. The number of hydrogen-bond donors (Lipinski definition) is 2. The van der Waals surface area contributed by atoms with Crippen molar-refractivity contribution in [2.24, 2.45) is 5.10 Å². The van der Waals surface area contributed by atoms with Gasteiger partial charge in [-0.15, -0.1) is 11.8 Å². The molecule has 0 fully saturated rings. The van der Waals surface area contributed by atoms with Crippen LogP contribution in [0, 0.1) is 0 Å². The summed E-state index contributed by atoms with van der Waals surface area (Å²) in [6.07, 6.45) is 0.947. The second kappa shape index (κ2) is 8.92. The third kappa shape index (κ3) is 5.48. The summed E-state index contributed by atoms with van der Waals surface area (Å²) < 4.78 is 0. The Hall–Kier alpha value is -2.51. The predicted molar refractivity (Wildman–Crippen MR) is 109 cm³/mol. The molecule has 3 rings (SSSR count). The van der Waals surface area contributed by atoms with Gasteiger partial charge in [-0.2, -0.15) is 5.10 Å². The Kier molecular flexibility index (Phi) is 6.36. The monoisotopic (exact) mass is 402 g/mol. The van der Waals surface area contributed by atoms with E-state index >= 15 is 0 Å². The number of amides is 2. The fourth-order valence-corrected chi connectivity index (χ4v) is 3.28. The second-order valence-corrected chi connectivity index (χ2v) is 7.49. The van der Waals surface area contributed by atoms with Gasteiger partial charge in [0.15, 0.2) is 0 Å². The van der Waals surface area contributed by atoms with Crippen LogP contribution in [0.3, 0.4) is 0 Å². The van der Waals surface area contributed by atoms with Crippen molar-refractivity contribution in [3.05, 3.63) is 59.1 Å². The van der Waals surface area contributed by atoms with E-state index in [9.17, 15) is 9.59 Å². The Balaban J connectivity index is 1.45. The summed E-state index contributed by atoms with van der Waals surface area (Å²) in [5.74, 6) is -0.470. The number of anilines is 1. The molecular formula is C19H19ClN4O2S. The van der Waals surface area contributed by atoms with Crippen molar-refractivity contribution in [2.75, 3.05) is 17.3 Å². The lowest BCUT2D eigenvalue weighted by Crippen LogP contribution is -2.42. The first-order valence-electron chi connectivity index (χ1n) is 8.40. The maximum atomic E-state index is 12.2. The van der Waals surface area contributed by atoms with Gasteiger partial charge in [-0.1, -0.05) is 11.6 Å². The number of thioether (sulfide) groups is 1. The Bertz CT molecular complexity index is 853. The molecule has 2 aromatic carbocycles. The van der Waals surface area contributed by atoms with Crippen LogP contribution in [0.15, 0.2) is 58.5 Å². The van der Waals surface area contributed by atoms with Gasteiger partial charge in [0.1, 0.15) is 0 Å². The van der Waals surface area contributed by atoms with Gasteiger partial charge in [-0.3, -0.25) is 25.4 Å². The van der Waals surface area contributed by atoms with Gasteiger partial charge in [-0.25, -0.2) is 0 Å². The summed E-state index contributed by atoms with van der Waals surface area (Å²) in [6.45, 7) is 2.84. The molecule has 0 aliphatic carbocycles. The summed E-state index contributed by atoms with van der Waals surface area (Å²) in [7, 11) is 0. The normalized spacial score (nSPS) is 13.3. The molecule has 27 heavy (non-hydrogen) atoms. The molecule has 0 bridgehead atoms. The number of halogens is 1. The quantitative estimate of drug-likeness (QED) is 0.593. The standard InChI is InChI=1S/C19H19ClN4O2S/c1-13-10-11-24(23-13)16-6-2-14(3-7-16)19(26)22-21-18(25)12-27-17-8-4-15(20)5-9-17/h2-9H,10-12H2,1H3,(H,21,25)(H,22,26). The van der Waals surface area contributed by atoms with Crippen LogP contribution in [-0.2, 0) is 4.79 Å². The van der Waals surface area contributed by atoms with Crippen molar-refractivity contribution in [3.63, 3.8) is 0 Å². The van der Waals surface area contributed by atoms with E-state index in [0.717, 1.165) is 29.3 Å². The molecule has 140 valence electrons. The minimum atomic E-state index is -0.368. The lowest BCUT2D eigenvalue weighted by atomic mass is 10.2. The molecule has 0 atom stereocenters. The number of carbonyl (C=O) groups is 2. The molecule has 6 nitrogen and oxygen atoms in total. The third-order valence-electron chi connectivity index (χ3n) is 3.90.